The van der Waals surface area contributed by atoms with Gasteiger partial charge in [-0.1, -0.05) is 18.2 Å². The minimum atomic E-state index is -0.227. The van der Waals surface area contributed by atoms with E-state index in [1.165, 1.54) is 0 Å². The average molecular weight is 313 g/mol. The lowest BCUT2D eigenvalue weighted by Gasteiger charge is -2.20. The SMILES string of the molecule is CO[C@H](C)c1cccc(NC(=O)c2cccc3c2OCCO3)c1. The molecule has 23 heavy (non-hydrogen) atoms. The first-order valence-electron chi connectivity index (χ1n) is 7.52. The van der Waals surface area contributed by atoms with Crippen molar-refractivity contribution in [2.75, 3.05) is 25.6 Å². The fourth-order valence-corrected chi connectivity index (χ4v) is 2.46. The zero-order chi connectivity index (χ0) is 16.2. The Kier molecular flexibility index (Phi) is 4.48. The molecule has 2 aromatic rings. The second kappa shape index (κ2) is 6.71. The molecule has 120 valence electrons. The van der Waals surface area contributed by atoms with Gasteiger partial charge in [-0.25, -0.2) is 0 Å². The topological polar surface area (TPSA) is 56.8 Å². The number of rotatable bonds is 4. The molecule has 1 aliphatic rings. The molecule has 0 bridgehead atoms. The molecule has 0 saturated heterocycles. The Balaban J connectivity index is 1.83. The minimum Gasteiger partial charge on any atom is -0.486 e. The van der Waals surface area contributed by atoms with E-state index in [2.05, 4.69) is 5.32 Å². The first-order chi connectivity index (χ1) is 11.2. The van der Waals surface area contributed by atoms with Crippen molar-refractivity contribution in [2.24, 2.45) is 0 Å². The van der Waals surface area contributed by atoms with Crippen LogP contribution in [0.25, 0.3) is 0 Å². The summed E-state index contributed by atoms with van der Waals surface area (Å²) in [5.41, 5.74) is 2.18. The van der Waals surface area contributed by atoms with Crippen molar-refractivity contribution in [2.45, 2.75) is 13.0 Å². The molecule has 0 aromatic heterocycles. The summed E-state index contributed by atoms with van der Waals surface area (Å²) in [6.07, 6.45) is -0.0342. The second-order valence-electron chi connectivity index (χ2n) is 5.29. The van der Waals surface area contributed by atoms with E-state index in [0.717, 1.165) is 5.56 Å². The molecule has 5 nitrogen and oxygen atoms in total. The Morgan fingerprint density at radius 3 is 2.78 bits per heavy atom. The number of anilines is 1. The number of fused-ring (bicyclic) bond motifs is 1. The molecule has 3 rings (SSSR count). The molecule has 0 unspecified atom stereocenters. The molecule has 5 heteroatoms. The van der Waals surface area contributed by atoms with Crippen LogP contribution in [0.5, 0.6) is 11.5 Å². The lowest BCUT2D eigenvalue weighted by Crippen LogP contribution is -2.20. The quantitative estimate of drug-likeness (QED) is 0.939. The monoisotopic (exact) mass is 313 g/mol. The summed E-state index contributed by atoms with van der Waals surface area (Å²) in [7, 11) is 1.66. The average Bonchev–Trinajstić information content (AvgIpc) is 2.60. The Bertz CT molecular complexity index is 714. The summed E-state index contributed by atoms with van der Waals surface area (Å²) in [5, 5.41) is 2.90. The fraction of sp³-hybridized carbons (Fsp3) is 0.278. The van der Waals surface area contributed by atoms with Crippen LogP contribution in [-0.2, 0) is 4.74 Å². The van der Waals surface area contributed by atoms with Crippen molar-refractivity contribution >= 4 is 11.6 Å². The standard InChI is InChI=1S/C18H19NO4/c1-12(21-2)13-5-3-6-14(11-13)19-18(20)15-7-4-8-16-17(15)23-10-9-22-16/h3-8,11-12H,9-10H2,1-2H3,(H,19,20)/t12-/m1/s1. The predicted molar refractivity (Wildman–Crippen MR) is 87.3 cm³/mol. The van der Waals surface area contributed by atoms with Gasteiger partial charge in [0.2, 0.25) is 0 Å². The van der Waals surface area contributed by atoms with Gasteiger partial charge in [-0.2, -0.15) is 0 Å². The van der Waals surface area contributed by atoms with Crippen molar-refractivity contribution in [3.63, 3.8) is 0 Å². The normalized spacial score (nSPS) is 14.2. The highest BCUT2D eigenvalue weighted by atomic mass is 16.6. The highest BCUT2D eigenvalue weighted by Crippen LogP contribution is 2.34. The molecule has 1 aliphatic heterocycles. The van der Waals surface area contributed by atoms with E-state index in [1.54, 1.807) is 25.3 Å². The molecule has 0 saturated carbocycles. The van der Waals surface area contributed by atoms with E-state index < -0.39 is 0 Å². The smallest absolute Gasteiger partial charge is 0.259 e. The van der Waals surface area contributed by atoms with Gasteiger partial charge in [0.25, 0.3) is 5.91 Å². The van der Waals surface area contributed by atoms with Crippen LogP contribution in [0.15, 0.2) is 42.5 Å². The van der Waals surface area contributed by atoms with Gasteiger partial charge in [0, 0.05) is 12.8 Å². The van der Waals surface area contributed by atoms with E-state index in [1.807, 2.05) is 31.2 Å². The van der Waals surface area contributed by atoms with Crippen LogP contribution in [0.2, 0.25) is 0 Å². The van der Waals surface area contributed by atoms with Gasteiger partial charge < -0.3 is 19.5 Å². The Hall–Kier alpha value is -2.53. The minimum absolute atomic E-state index is 0.0342. The molecule has 1 atom stereocenters. The van der Waals surface area contributed by atoms with Crippen LogP contribution in [0.3, 0.4) is 0 Å². The van der Waals surface area contributed by atoms with E-state index in [0.29, 0.717) is 36.0 Å². The number of amides is 1. The van der Waals surface area contributed by atoms with Crippen molar-refractivity contribution in [3.8, 4) is 11.5 Å². The van der Waals surface area contributed by atoms with Gasteiger partial charge in [-0.15, -0.1) is 0 Å². The number of hydrogen-bond donors (Lipinski definition) is 1. The van der Waals surface area contributed by atoms with Gasteiger partial charge in [0.1, 0.15) is 13.2 Å². The maximum atomic E-state index is 12.6. The largest absolute Gasteiger partial charge is 0.486 e. The van der Waals surface area contributed by atoms with Crippen LogP contribution < -0.4 is 14.8 Å². The van der Waals surface area contributed by atoms with Gasteiger partial charge in [0.05, 0.1) is 11.7 Å². The number of carbonyl (C=O) groups is 1. The van der Waals surface area contributed by atoms with E-state index in [9.17, 15) is 4.79 Å². The molecule has 0 radical (unpaired) electrons. The number of hydrogen-bond acceptors (Lipinski definition) is 4. The number of methoxy groups -OCH3 is 1. The Morgan fingerprint density at radius 2 is 1.96 bits per heavy atom. The number of ether oxygens (including phenoxy) is 3. The second-order valence-corrected chi connectivity index (χ2v) is 5.29. The fourth-order valence-electron chi connectivity index (χ4n) is 2.46. The third-order valence-corrected chi connectivity index (χ3v) is 3.78. The first kappa shape index (κ1) is 15.4. The number of carbonyl (C=O) groups excluding carboxylic acids is 1. The van der Waals surface area contributed by atoms with E-state index in [4.69, 9.17) is 14.2 Å². The van der Waals surface area contributed by atoms with Crippen LogP contribution in [-0.4, -0.2) is 26.2 Å². The number of nitrogens with one attached hydrogen (secondary N) is 1. The maximum absolute atomic E-state index is 12.6. The Labute approximate surface area is 135 Å². The van der Waals surface area contributed by atoms with Gasteiger partial charge in [-0.3, -0.25) is 4.79 Å². The van der Waals surface area contributed by atoms with Crippen LogP contribution in [0, 0.1) is 0 Å². The Morgan fingerprint density at radius 1 is 1.17 bits per heavy atom. The summed E-state index contributed by atoms with van der Waals surface area (Å²) in [6.45, 7) is 2.90. The molecular weight excluding hydrogens is 294 g/mol. The molecule has 0 spiro atoms. The van der Waals surface area contributed by atoms with Crippen molar-refractivity contribution in [1.82, 2.24) is 0 Å². The summed E-state index contributed by atoms with van der Waals surface area (Å²) >= 11 is 0. The van der Waals surface area contributed by atoms with E-state index in [-0.39, 0.29) is 12.0 Å². The summed E-state index contributed by atoms with van der Waals surface area (Å²) in [4.78, 5) is 12.6. The van der Waals surface area contributed by atoms with Crippen molar-refractivity contribution < 1.29 is 19.0 Å². The zero-order valence-corrected chi connectivity index (χ0v) is 13.2. The molecule has 1 amide bonds. The summed E-state index contributed by atoms with van der Waals surface area (Å²) < 4.78 is 16.4. The molecule has 1 heterocycles. The van der Waals surface area contributed by atoms with Crippen LogP contribution in [0.1, 0.15) is 28.9 Å². The van der Waals surface area contributed by atoms with Crippen molar-refractivity contribution in [1.29, 1.82) is 0 Å². The van der Waals surface area contributed by atoms with E-state index >= 15 is 0 Å². The summed E-state index contributed by atoms with van der Waals surface area (Å²) in [5.74, 6) is 0.873. The van der Waals surface area contributed by atoms with Gasteiger partial charge >= 0.3 is 0 Å². The summed E-state index contributed by atoms with van der Waals surface area (Å²) in [6, 6.07) is 12.9. The molecular formula is C18H19NO4. The highest BCUT2D eigenvalue weighted by molar-refractivity contribution is 6.06. The number of benzene rings is 2. The lowest BCUT2D eigenvalue weighted by molar-refractivity contribution is 0.101. The molecule has 2 aromatic carbocycles. The van der Waals surface area contributed by atoms with Gasteiger partial charge in [-0.05, 0) is 36.8 Å². The molecule has 0 aliphatic carbocycles. The molecule has 0 fully saturated rings. The third kappa shape index (κ3) is 3.29. The molecule has 1 N–H and O–H groups in total. The highest BCUT2D eigenvalue weighted by Gasteiger charge is 2.20. The van der Waals surface area contributed by atoms with Crippen LogP contribution >= 0.6 is 0 Å². The van der Waals surface area contributed by atoms with Gasteiger partial charge in [0.15, 0.2) is 11.5 Å². The lowest BCUT2D eigenvalue weighted by atomic mass is 10.1. The van der Waals surface area contributed by atoms with Crippen LogP contribution in [0.4, 0.5) is 5.69 Å². The first-order valence-corrected chi connectivity index (χ1v) is 7.52. The van der Waals surface area contributed by atoms with Crippen molar-refractivity contribution in [3.05, 3.63) is 53.6 Å². The predicted octanol–water partition coefficient (Wildman–Crippen LogP) is 3.42. The maximum Gasteiger partial charge on any atom is 0.259 e. The number of para-hydroxylation sites is 1. The third-order valence-electron chi connectivity index (χ3n) is 3.78. The zero-order valence-electron chi connectivity index (χ0n) is 13.2.